The number of ether oxygens (including phenoxy) is 1. The molecule has 2 aromatic rings. The standard InChI is InChI=1S/C26H36N2O2.ClH/c1-26(2)23(20-12-6-3-7-13-20)24(25(26)28-16-10-5-11-17-28)27-18-21(29)19-30-22-14-8-4-9-15-22;/h3-4,6-9,12-15,21,23-25,27,29H,5,10-11,16-19H2,1-2H3;1H. The average Bonchev–Trinajstić information content (AvgIpc) is 2.77. The van der Waals surface area contributed by atoms with E-state index in [-0.39, 0.29) is 17.8 Å². The van der Waals surface area contributed by atoms with Gasteiger partial charge in [0.2, 0.25) is 0 Å². The molecule has 0 radical (unpaired) electrons. The summed E-state index contributed by atoms with van der Waals surface area (Å²) in [7, 11) is 0. The number of aliphatic hydroxyl groups is 1. The second-order valence-electron chi connectivity index (χ2n) is 9.58. The van der Waals surface area contributed by atoms with Gasteiger partial charge in [-0.2, -0.15) is 0 Å². The van der Waals surface area contributed by atoms with Crippen LogP contribution in [0.1, 0.15) is 44.6 Å². The molecule has 4 unspecified atom stereocenters. The van der Waals surface area contributed by atoms with Crippen LogP contribution in [0.3, 0.4) is 0 Å². The number of rotatable bonds is 8. The lowest BCUT2D eigenvalue weighted by Crippen LogP contribution is -3.01. The van der Waals surface area contributed by atoms with Crippen molar-refractivity contribution < 1.29 is 27.6 Å². The number of halogens is 1. The van der Waals surface area contributed by atoms with Crippen LogP contribution in [0.15, 0.2) is 60.7 Å². The minimum atomic E-state index is -0.479. The topological polar surface area (TPSA) is 49.3 Å². The zero-order valence-electron chi connectivity index (χ0n) is 18.8. The van der Waals surface area contributed by atoms with Gasteiger partial charge < -0.3 is 27.6 Å². The van der Waals surface area contributed by atoms with E-state index in [9.17, 15) is 5.11 Å². The number of para-hydroxylation sites is 1. The van der Waals surface area contributed by atoms with Crippen LogP contribution >= 0.6 is 0 Å². The first-order chi connectivity index (χ1) is 14.6. The third-order valence-corrected chi connectivity index (χ3v) is 7.12. The molecule has 2 fully saturated rings. The van der Waals surface area contributed by atoms with Gasteiger partial charge in [0.15, 0.2) is 0 Å². The Kier molecular flexibility index (Phi) is 8.40. The molecule has 1 saturated carbocycles. The molecule has 4 atom stereocenters. The smallest absolute Gasteiger partial charge is 0.137 e. The highest BCUT2D eigenvalue weighted by atomic mass is 35.5. The monoisotopic (exact) mass is 444 g/mol. The van der Waals surface area contributed by atoms with E-state index in [1.165, 1.54) is 37.9 Å². The average molecular weight is 445 g/mol. The van der Waals surface area contributed by atoms with Crippen molar-refractivity contribution in [3.8, 4) is 5.75 Å². The van der Waals surface area contributed by atoms with Crippen LogP contribution < -0.4 is 22.5 Å². The lowest BCUT2D eigenvalue weighted by Gasteiger charge is -2.60. The molecule has 0 aromatic heterocycles. The number of aliphatic hydroxyl groups excluding tert-OH is 1. The third kappa shape index (κ3) is 5.43. The normalized spacial score (nSPS) is 26.4. The van der Waals surface area contributed by atoms with Gasteiger partial charge in [-0.3, -0.25) is 4.90 Å². The quantitative estimate of drug-likeness (QED) is 0.604. The molecule has 31 heavy (non-hydrogen) atoms. The van der Waals surface area contributed by atoms with Crippen molar-refractivity contribution in [1.82, 2.24) is 4.90 Å². The Morgan fingerprint density at radius 3 is 2.26 bits per heavy atom. The molecule has 1 aliphatic carbocycles. The lowest BCUT2D eigenvalue weighted by molar-refractivity contribution is -0.719. The van der Waals surface area contributed by atoms with Gasteiger partial charge in [0.25, 0.3) is 0 Å². The van der Waals surface area contributed by atoms with Crippen LogP contribution in [0.25, 0.3) is 0 Å². The maximum Gasteiger partial charge on any atom is 0.137 e. The van der Waals surface area contributed by atoms with E-state index in [1.54, 1.807) is 0 Å². The fourth-order valence-electron chi connectivity index (χ4n) is 5.82. The van der Waals surface area contributed by atoms with Gasteiger partial charge in [0.1, 0.15) is 31.0 Å². The predicted octanol–water partition coefficient (Wildman–Crippen LogP) is 0.0404. The molecule has 4 nitrogen and oxygen atoms in total. The number of hydrogen-bond acceptors (Lipinski definition) is 3. The Bertz CT molecular complexity index is 781. The van der Waals surface area contributed by atoms with Crippen LogP contribution in [0, 0.1) is 5.41 Å². The molecule has 5 heteroatoms. The minimum absolute atomic E-state index is 0. The Labute approximate surface area is 193 Å². The van der Waals surface area contributed by atoms with Crippen LogP contribution in [0.2, 0.25) is 0 Å². The Balaban J connectivity index is 0.00000272. The van der Waals surface area contributed by atoms with Gasteiger partial charge in [-0.15, -0.1) is 0 Å². The van der Waals surface area contributed by atoms with E-state index in [2.05, 4.69) is 54.4 Å². The molecule has 1 saturated heterocycles. The maximum atomic E-state index is 10.6. The van der Waals surface area contributed by atoms with Crippen molar-refractivity contribution in [2.45, 2.75) is 57.2 Å². The van der Waals surface area contributed by atoms with Gasteiger partial charge in [-0.1, -0.05) is 68.8 Å². The van der Waals surface area contributed by atoms with Crippen LogP contribution in [-0.2, 0) is 0 Å². The SMILES string of the molecule is CC1(C)C(c2ccccc2)C([NH2+]CC(O)COc2ccccc2)C1N1CCCCC1.[Cl-]. The first kappa shape index (κ1) is 24.1. The fourth-order valence-corrected chi connectivity index (χ4v) is 5.82. The third-order valence-electron chi connectivity index (χ3n) is 7.12. The molecule has 4 rings (SSSR count). The molecular formula is C26H37ClN2O2. The summed E-state index contributed by atoms with van der Waals surface area (Å²) in [6, 6.07) is 21.7. The maximum absolute atomic E-state index is 10.6. The largest absolute Gasteiger partial charge is 1.00 e. The fraction of sp³-hybridized carbons (Fsp3) is 0.538. The van der Waals surface area contributed by atoms with E-state index >= 15 is 0 Å². The molecule has 1 heterocycles. The molecule has 0 bridgehead atoms. The van der Waals surface area contributed by atoms with Crippen molar-refractivity contribution >= 4 is 0 Å². The van der Waals surface area contributed by atoms with E-state index in [4.69, 9.17) is 4.74 Å². The van der Waals surface area contributed by atoms with Crippen molar-refractivity contribution in [2.75, 3.05) is 26.2 Å². The van der Waals surface area contributed by atoms with Gasteiger partial charge in [0, 0.05) is 5.92 Å². The second-order valence-corrected chi connectivity index (χ2v) is 9.58. The summed E-state index contributed by atoms with van der Waals surface area (Å²) in [5.74, 6) is 1.31. The summed E-state index contributed by atoms with van der Waals surface area (Å²) in [6.45, 7) is 8.29. The molecule has 0 spiro atoms. The number of benzene rings is 2. The highest BCUT2D eigenvalue weighted by Crippen LogP contribution is 2.53. The Hall–Kier alpha value is -1.59. The van der Waals surface area contributed by atoms with Gasteiger partial charge in [-0.05, 0) is 49.0 Å². The first-order valence-electron chi connectivity index (χ1n) is 11.6. The molecule has 3 N–H and O–H groups in total. The number of nitrogens with two attached hydrogens (primary N) is 1. The molecule has 2 aliphatic rings. The lowest BCUT2D eigenvalue weighted by atomic mass is 9.52. The number of likely N-dealkylation sites (tertiary alicyclic amines) is 1. The van der Waals surface area contributed by atoms with Crippen LogP contribution in [0.5, 0.6) is 5.75 Å². The zero-order chi connectivity index (χ0) is 21.0. The number of quaternary nitrogens is 1. The van der Waals surface area contributed by atoms with Crippen LogP contribution in [-0.4, -0.2) is 54.4 Å². The van der Waals surface area contributed by atoms with Crippen LogP contribution in [0.4, 0.5) is 0 Å². The number of piperidine rings is 1. The van der Waals surface area contributed by atoms with E-state index in [0.29, 0.717) is 31.2 Å². The van der Waals surface area contributed by atoms with Gasteiger partial charge in [0.05, 0.1) is 6.04 Å². The highest BCUT2D eigenvalue weighted by molar-refractivity contribution is 5.30. The van der Waals surface area contributed by atoms with E-state index in [1.807, 2.05) is 30.3 Å². The molecule has 2 aromatic carbocycles. The first-order valence-corrected chi connectivity index (χ1v) is 11.6. The second kappa shape index (κ2) is 10.8. The minimum Gasteiger partial charge on any atom is -1.00 e. The van der Waals surface area contributed by atoms with Gasteiger partial charge in [-0.25, -0.2) is 0 Å². The van der Waals surface area contributed by atoms with Crippen molar-refractivity contribution in [1.29, 1.82) is 0 Å². The molecule has 0 amide bonds. The number of nitrogens with zero attached hydrogens (tertiary/aromatic N) is 1. The predicted molar refractivity (Wildman–Crippen MR) is 121 cm³/mol. The van der Waals surface area contributed by atoms with E-state index < -0.39 is 6.10 Å². The zero-order valence-corrected chi connectivity index (χ0v) is 19.5. The van der Waals surface area contributed by atoms with Crippen molar-refractivity contribution in [3.63, 3.8) is 0 Å². The summed E-state index contributed by atoms with van der Waals surface area (Å²) in [4.78, 5) is 2.72. The molecule has 1 aliphatic heterocycles. The van der Waals surface area contributed by atoms with Crippen molar-refractivity contribution in [2.24, 2.45) is 5.41 Å². The van der Waals surface area contributed by atoms with E-state index in [0.717, 1.165) is 5.75 Å². The summed E-state index contributed by atoms with van der Waals surface area (Å²) in [5.41, 5.74) is 1.65. The summed E-state index contributed by atoms with van der Waals surface area (Å²) in [6.07, 6.45) is 3.49. The summed E-state index contributed by atoms with van der Waals surface area (Å²) in [5, 5.41) is 13.0. The highest BCUT2D eigenvalue weighted by Gasteiger charge is 2.61. The Morgan fingerprint density at radius 1 is 1.00 bits per heavy atom. The molecule has 170 valence electrons. The Morgan fingerprint density at radius 2 is 1.61 bits per heavy atom. The number of hydrogen-bond donors (Lipinski definition) is 2. The summed E-state index contributed by atoms with van der Waals surface area (Å²) >= 11 is 0. The van der Waals surface area contributed by atoms with Gasteiger partial charge >= 0.3 is 0 Å². The van der Waals surface area contributed by atoms with Crippen molar-refractivity contribution in [3.05, 3.63) is 66.2 Å². The summed E-state index contributed by atoms with van der Waals surface area (Å²) < 4.78 is 5.77. The molecular weight excluding hydrogens is 408 g/mol.